The monoisotopic (exact) mass is 248 g/mol. The number of rotatable bonds is 4. The van der Waals surface area contributed by atoms with Gasteiger partial charge in [-0.25, -0.2) is 0 Å². The summed E-state index contributed by atoms with van der Waals surface area (Å²) in [5.41, 5.74) is 1.15. The second kappa shape index (κ2) is 6.52. The van der Waals surface area contributed by atoms with Crippen molar-refractivity contribution >= 4 is 5.91 Å². The quantitative estimate of drug-likeness (QED) is 0.870. The lowest BCUT2D eigenvalue weighted by molar-refractivity contribution is -0.140. The van der Waals surface area contributed by atoms with Gasteiger partial charge in [-0.2, -0.15) is 0 Å². The van der Waals surface area contributed by atoms with Crippen molar-refractivity contribution in [3.8, 4) is 0 Å². The number of carbonyl (C=O) groups excluding carboxylic acids is 1. The maximum atomic E-state index is 12.2. The van der Waals surface area contributed by atoms with Crippen LogP contribution in [0.25, 0.3) is 0 Å². The van der Waals surface area contributed by atoms with Crippen LogP contribution in [0.1, 0.15) is 18.0 Å². The van der Waals surface area contributed by atoms with E-state index >= 15 is 0 Å². The highest BCUT2D eigenvalue weighted by Crippen LogP contribution is 2.24. The third kappa shape index (κ3) is 3.09. The Hall–Kier alpha value is -1.39. The van der Waals surface area contributed by atoms with Gasteiger partial charge >= 0.3 is 0 Å². The van der Waals surface area contributed by atoms with Crippen molar-refractivity contribution in [3.05, 3.63) is 35.9 Å². The van der Waals surface area contributed by atoms with Crippen molar-refractivity contribution in [2.45, 2.75) is 12.5 Å². The van der Waals surface area contributed by atoms with Gasteiger partial charge in [0.15, 0.2) is 0 Å². The molecule has 2 rings (SSSR count). The number of nitrogens with one attached hydrogen (secondary N) is 1. The molecular weight excluding hydrogens is 228 g/mol. The Morgan fingerprint density at radius 3 is 2.94 bits per heavy atom. The van der Waals surface area contributed by atoms with Gasteiger partial charge in [0.05, 0.1) is 19.3 Å². The summed E-state index contributed by atoms with van der Waals surface area (Å²) < 4.78 is 5.51. The smallest absolute Gasteiger partial charge is 0.224 e. The van der Waals surface area contributed by atoms with Crippen molar-refractivity contribution < 1.29 is 9.53 Å². The SMILES string of the molecule is CNCCC(=O)N1CCOCC1c1ccccc1. The lowest BCUT2D eigenvalue weighted by atomic mass is 10.0. The summed E-state index contributed by atoms with van der Waals surface area (Å²) in [4.78, 5) is 14.1. The average Bonchev–Trinajstić information content (AvgIpc) is 2.45. The first-order valence-corrected chi connectivity index (χ1v) is 6.39. The Bertz CT molecular complexity index is 381. The maximum absolute atomic E-state index is 12.2. The molecule has 1 unspecified atom stereocenters. The molecule has 18 heavy (non-hydrogen) atoms. The standard InChI is InChI=1S/C14H20N2O2/c1-15-8-7-14(17)16-9-10-18-11-13(16)12-5-3-2-4-6-12/h2-6,13,15H,7-11H2,1H3. The Balaban J connectivity index is 2.09. The van der Waals surface area contributed by atoms with E-state index in [1.54, 1.807) is 0 Å². The van der Waals surface area contributed by atoms with Gasteiger partial charge in [-0.3, -0.25) is 4.79 Å². The number of hydrogen-bond donors (Lipinski definition) is 1. The van der Waals surface area contributed by atoms with Crippen LogP contribution in [-0.2, 0) is 9.53 Å². The number of carbonyl (C=O) groups is 1. The van der Waals surface area contributed by atoms with Crippen LogP contribution in [0.4, 0.5) is 0 Å². The average molecular weight is 248 g/mol. The number of nitrogens with zero attached hydrogens (tertiary/aromatic N) is 1. The number of ether oxygens (including phenoxy) is 1. The van der Waals surface area contributed by atoms with Crippen molar-refractivity contribution in [1.29, 1.82) is 0 Å². The lowest BCUT2D eigenvalue weighted by Gasteiger charge is -2.36. The molecule has 1 atom stereocenters. The van der Waals surface area contributed by atoms with Gasteiger partial charge in [0.2, 0.25) is 5.91 Å². The molecule has 0 aromatic heterocycles. The van der Waals surface area contributed by atoms with Gasteiger partial charge in [0, 0.05) is 19.5 Å². The molecule has 1 aliphatic heterocycles. The molecule has 1 heterocycles. The Kier molecular flexibility index (Phi) is 4.73. The fourth-order valence-electron chi connectivity index (χ4n) is 2.23. The zero-order valence-corrected chi connectivity index (χ0v) is 10.8. The van der Waals surface area contributed by atoms with Crippen LogP contribution in [0, 0.1) is 0 Å². The van der Waals surface area contributed by atoms with Crippen LogP contribution in [0.5, 0.6) is 0 Å². The van der Waals surface area contributed by atoms with E-state index in [2.05, 4.69) is 17.4 Å². The summed E-state index contributed by atoms with van der Waals surface area (Å²) in [5, 5.41) is 3.01. The minimum Gasteiger partial charge on any atom is -0.377 e. The molecule has 0 aliphatic carbocycles. The predicted octanol–water partition coefficient (Wildman–Crippen LogP) is 1.20. The normalized spacial score (nSPS) is 19.8. The second-order valence-electron chi connectivity index (χ2n) is 4.44. The van der Waals surface area contributed by atoms with E-state index in [0.29, 0.717) is 26.2 Å². The Labute approximate surface area is 108 Å². The largest absolute Gasteiger partial charge is 0.377 e. The first kappa shape index (κ1) is 13.1. The highest BCUT2D eigenvalue weighted by atomic mass is 16.5. The third-order valence-electron chi connectivity index (χ3n) is 3.22. The van der Waals surface area contributed by atoms with Gasteiger partial charge < -0.3 is 15.0 Å². The first-order chi connectivity index (χ1) is 8.83. The molecule has 0 saturated carbocycles. The van der Waals surface area contributed by atoms with Crippen LogP contribution in [-0.4, -0.2) is 44.2 Å². The van der Waals surface area contributed by atoms with Gasteiger partial charge in [-0.1, -0.05) is 30.3 Å². The van der Waals surface area contributed by atoms with Gasteiger partial charge in [-0.05, 0) is 12.6 Å². The van der Waals surface area contributed by atoms with E-state index < -0.39 is 0 Å². The lowest BCUT2D eigenvalue weighted by Crippen LogP contribution is -2.44. The summed E-state index contributed by atoms with van der Waals surface area (Å²) in [5.74, 6) is 0.196. The highest BCUT2D eigenvalue weighted by molar-refractivity contribution is 5.77. The minimum atomic E-state index is 0.0595. The molecule has 0 bridgehead atoms. The Morgan fingerprint density at radius 2 is 2.22 bits per heavy atom. The van der Waals surface area contributed by atoms with Crippen molar-refractivity contribution in [3.63, 3.8) is 0 Å². The molecule has 1 aromatic carbocycles. The fourth-order valence-corrected chi connectivity index (χ4v) is 2.23. The summed E-state index contributed by atoms with van der Waals surface area (Å²) in [6.07, 6.45) is 0.542. The van der Waals surface area contributed by atoms with Crippen LogP contribution in [0.2, 0.25) is 0 Å². The molecule has 1 N–H and O–H groups in total. The zero-order chi connectivity index (χ0) is 12.8. The third-order valence-corrected chi connectivity index (χ3v) is 3.22. The summed E-state index contributed by atoms with van der Waals surface area (Å²) >= 11 is 0. The minimum absolute atomic E-state index is 0.0595. The molecule has 0 spiro atoms. The molecule has 1 aromatic rings. The van der Waals surface area contributed by atoms with Crippen molar-refractivity contribution in [1.82, 2.24) is 10.2 Å². The molecule has 1 saturated heterocycles. The molecule has 1 aliphatic rings. The van der Waals surface area contributed by atoms with E-state index in [9.17, 15) is 4.79 Å². The predicted molar refractivity (Wildman–Crippen MR) is 70.3 cm³/mol. The zero-order valence-electron chi connectivity index (χ0n) is 10.8. The molecular formula is C14H20N2O2. The van der Waals surface area contributed by atoms with Gasteiger partial charge in [0.1, 0.15) is 0 Å². The van der Waals surface area contributed by atoms with Crippen LogP contribution in [0.15, 0.2) is 30.3 Å². The number of morpholine rings is 1. The van der Waals surface area contributed by atoms with Gasteiger partial charge in [0.25, 0.3) is 0 Å². The highest BCUT2D eigenvalue weighted by Gasteiger charge is 2.27. The van der Waals surface area contributed by atoms with Crippen LogP contribution >= 0.6 is 0 Å². The molecule has 1 fully saturated rings. The maximum Gasteiger partial charge on any atom is 0.224 e. The number of hydrogen-bond acceptors (Lipinski definition) is 3. The van der Waals surface area contributed by atoms with E-state index in [0.717, 1.165) is 12.1 Å². The van der Waals surface area contributed by atoms with Crippen LogP contribution < -0.4 is 5.32 Å². The molecule has 98 valence electrons. The fraction of sp³-hybridized carbons (Fsp3) is 0.500. The Morgan fingerprint density at radius 1 is 1.44 bits per heavy atom. The summed E-state index contributed by atoms with van der Waals surface area (Å²) in [6, 6.07) is 10.2. The first-order valence-electron chi connectivity index (χ1n) is 6.39. The second-order valence-corrected chi connectivity index (χ2v) is 4.44. The molecule has 4 nitrogen and oxygen atoms in total. The number of amides is 1. The van der Waals surface area contributed by atoms with Crippen molar-refractivity contribution in [2.24, 2.45) is 0 Å². The van der Waals surface area contributed by atoms with E-state index in [-0.39, 0.29) is 11.9 Å². The summed E-state index contributed by atoms with van der Waals surface area (Å²) in [6.45, 7) is 2.63. The van der Waals surface area contributed by atoms with Crippen LogP contribution in [0.3, 0.4) is 0 Å². The van der Waals surface area contributed by atoms with E-state index in [1.165, 1.54) is 0 Å². The van der Waals surface area contributed by atoms with E-state index in [4.69, 9.17) is 4.74 Å². The molecule has 4 heteroatoms. The summed E-state index contributed by atoms with van der Waals surface area (Å²) in [7, 11) is 1.86. The topological polar surface area (TPSA) is 41.6 Å². The number of benzene rings is 1. The van der Waals surface area contributed by atoms with E-state index in [1.807, 2.05) is 30.1 Å². The molecule has 1 amide bonds. The van der Waals surface area contributed by atoms with Gasteiger partial charge in [-0.15, -0.1) is 0 Å². The molecule has 0 radical (unpaired) electrons. The van der Waals surface area contributed by atoms with Crippen molar-refractivity contribution in [2.75, 3.05) is 33.4 Å².